The maximum atomic E-state index is 12.8. The summed E-state index contributed by atoms with van der Waals surface area (Å²) >= 11 is 5.99. The van der Waals surface area contributed by atoms with Crippen LogP contribution in [0.1, 0.15) is 30.1 Å². The van der Waals surface area contributed by atoms with Crippen LogP contribution in [0.15, 0.2) is 48.5 Å². The molecule has 1 atom stereocenters. The summed E-state index contributed by atoms with van der Waals surface area (Å²) in [4.78, 5) is 26.9. The predicted octanol–water partition coefficient (Wildman–Crippen LogP) is 3.93. The van der Waals surface area contributed by atoms with Crippen LogP contribution in [0.3, 0.4) is 0 Å². The van der Waals surface area contributed by atoms with Crippen LogP contribution in [0.25, 0.3) is 0 Å². The Balaban J connectivity index is 1.66. The van der Waals surface area contributed by atoms with E-state index in [0.29, 0.717) is 29.4 Å². The second-order valence-electron chi connectivity index (χ2n) is 6.51. The lowest BCUT2D eigenvalue weighted by Crippen LogP contribution is -2.35. The first-order valence-corrected chi connectivity index (χ1v) is 9.34. The molecule has 2 aromatic carbocycles. The van der Waals surface area contributed by atoms with Crippen LogP contribution in [-0.2, 0) is 14.3 Å². The molecule has 0 bridgehead atoms. The Labute approximate surface area is 163 Å². The topological polar surface area (TPSA) is 55.8 Å². The zero-order valence-corrected chi connectivity index (χ0v) is 15.9. The summed E-state index contributed by atoms with van der Waals surface area (Å²) < 4.78 is 11.0. The summed E-state index contributed by atoms with van der Waals surface area (Å²) in [6.07, 6.45) is 0.993. The number of esters is 1. The van der Waals surface area contributed by atoms with Gasteiger partial charge in [0.05, 0.1) is 0 Å². The molecule has 1 aliphatic heterocycles. The zero-order valence-electron chi connectivity index (χ0n) is 15.2. The molecule has 0 aliphatic carbocycles. The first kappa shape index (κ1) is 19.2. The molecule has 6 heteroatoms. The third-order valence-corrected chi connectivity index (χ3v) is 4.90. The molecule has 1 saturated heterocycles. The molecule has 142 valence electrons. The van der Waals surface area contributed by atoms with E-state index in [-0.39, 0.29) is 12.5 Å². The molecule has 5 nitrogen and oxygen atoms in total. The Morgan fingerprint density at radius 2 is 1.81 bits per heavy atom. The normalized spacial score (nSPS) is 14.7. The maximum Gasteiger partial charge on any atom is 0.345 e. The van der Waals surface area contributed by atoms with Gasteiger partial charge >= 0.3 is 5.97 Å². The molecule has 2 aromatic rings. The number of hydrogen-bond acceptors (Lipinski definition) is 4. The van der Waals surface area contributed by atoms with E-state index >= 15 is 0 Å². The zero-order chi connectivity index (χ0) is 19.2. The predicted molar refractivity (Wildman–Crippen MR) is 103 cm³/mol. The molecule has 0 saturated carbocycles. The molecule has 0 radical (unpaired) electrons. The molecule has 0 unspecified atom stereocenters. The second kappa shape index (κ2) is 8.91. The van der Waals surface area contributed by atoms with Crippen LogP contribution < -0.4 is 4.74 Å². The molecular formula is C21H22ClNO4. The Morgan fingerprint density at radius 3 is 2.48 bits per heavy atom. The standard InChI is InChI=1S/C21H22ClNO4/c1-15-13-17(9-10-18(15)22)26-14-19(24)27-20(16-7-3-2-4-8-16)21(25)23-11-5-6-12-23/h2-4,7-10,13,20H,5-6,11-12,14H2,1H3/t20-/m1/s1. The van der Waals surface area contributed by atoms with E-state index in [9.17, 15) is 9.59 Å². The van der Waals surface area contributed by atoms with Gasteiger partial charge in [-0.3, -0.25) is 4.79 Å². The van der Waals surface area contributed by atoms with Gasteiger partial charge in [-0.1, -0.05) is 41.9 Å². The molecular weight excluding hydrogens is 366 g/mol. The summed E-state index contributed by atoms with van der Waals surface area (Å²) in [5, 5.41) is 0.630. The highest BCUT2D eigenvalue weighted by Crippen LogP contribution is 2.24. The smallest absolute Gasteiger partial charge is 0.345 e. The number of nitrogens with zero attached hydrogens (tertiary/aromatic N) is 1. The minimum absolute atomic E-state index is 0.186. The molecule has 1 fully saturated rings. The number of amides is 1. The van der Waals surface area contributed by atoms with Gasteiger partial charge < -0.3 is 14.4 Å². The van der Waals surface area contributed by atoms with E-state index < -0.39 is 12.1 Å². The number of benzene rings is 2. The van der Waals surface area contributed by atoms with E-state index in [1.807, 2.05) is 25.1 Å². The summed E-state index contributed by atoms with van der Waals surface area (Å²) in [5.41, 5.74) is 1.51. The fraction of sp³-hybridized carbons (Fsp3) is 0.333. The van der Waals surface area contributed by atoms with Crippen molar-refractivity contribution in [3.05, 3.63) is 64.7 Å². The van der Waals surface area contributed by atoms with Gasteiger partial charge in [-0.25, -0.2) is 4.79 Å². The van der Waals surface area contributed by atoms with Crippen molar-refractivity contribution in [1.82, 2.24) is 4.90 Å². The van der Waals surface area contributed by atoms with E-state index in [4.69, 9.17) is 21.1 Å². The molecule has 1 aliphatic rings. The molecule has 1 amide bonds. The van der Waals surface area contributed by atoms with Gasteiger partial charge in [-0.2, -0.15) is 0 Å². The average Bonchev–Trinajstić information content (AvgIpc) is 3.22. The summed E-state index contributed by atoms with van der Waals surface area (Å²) in [6, 6.07) is 14.2. The van der Waals surface area contributed by atoms with E-state index in [1.54, 1.807) is 35.2 Å². The minimum atomic E-state index is -0.952. The lowest BCUT2D eigenvalue weighted by atomic mass is 10.1. The van der Waals surface area contributed by atoms with Crippen molar-refractivity contribution in [2.45, 2.75) is 25.9 Å². The third kappa shape index (κ3) is 5.01. The number of likely N-dealkylation sites (tertiary alicyclic amines) is 1. The number of halogens is 1. The summed E-state index contributed by atoms with van der Waals surface area (Å²) in [6.45, 7) is 2.96. The van der Waals surface area contributed by atoms with Gasteiger partial charge in [0, 0.05) is 23.7 Å². The van der Waals surface area contributed by atoms with Crippen molar-refractivity contribution >= 4 is 23.5 Å². The van der Waals surface area contributed by atoms with Crippen molar-refractivity contribution in [2.24, 2.45) is 0 Å². The lowest BCUT2D eigenvalue weighted by molar-refractivity contribution is -0.162. The Kier molecular flexibility index (Phi) is 6.35. The van der Waals surface area contributed by atoms with Crippen LogP contribution in [0.5, 0.6) is 5.75 Å². The Bertz CT molecular complexity index is 803. The van der Waals surface area contributed by atoms with Crippen LogP contribution in [0.4, 0.5) is 0 Å². The van der Waals surface area contributed by atoms with Crippen LogP contribution in [-0.4, -0.2) is 36.5 Å². The molecule has 0 spiro atoms. The highest BCUT2D eigenvalue weighted by molar-refractivity contribution is 6.31. The lowest BCUT2D eigenvalue weighted by Gasteiger charge is -2.23. The maximum absolute atomic E-state index is 12.8. The fourth-order valence-electron chi connectivity index (χ4n) is 3.01. The van der Waals surface area contributed by atoms with Crippen LogP contribution in [0, 0.1) is 6.92 Å². The molecule has 0 N–H and O–H groups in total. The Hall–Kier alpha value is -2.53. The number of aryl methyl sites for hydroxylation is 1. The first-order chi connectivity index (χ1) is 13.0. The van der Waals surface area contributed by atoms with Gasteiger partial charge in [0.2, 0.25) is 6.10 Å². The number of ether oxygens (including phenoxy) is 2. The minimum Gasteiger partial charge on any atom is -0.482 e. The van der Waals surface area contributed by atoms with Gasteiger partial charge in [0.1, 0.15) is 5.75 Å². The van der Waals surface area contributed by atoms with Gasteiger partial charge in [0.15, 0.2) is 6.61 Å². The molecule has 0 aromatic heterocycles. The average molecular weight is 388 g/mol. The monoisotopic (exact) mass is 387 g/mol. The van der Waals surface area contributed by atoms with Gasteiger partial charge in [-0.15, -0.1) is 0 Å². The van der Waals surface area contributed by atoms with Crippen molar-refractivity contribution in [3.8, 4) is 5.75 Å². The van der Waals surface area contributed by atoms with Gasteiger partial charge in [0.25, 0.3) is 5.91 Å². The van der Waals surface area contributed by atoms with Crippen molar-refractivity contribution in [1.29, 1.82) is 0 Å². The van der Waals surface area contributed by atoms with Crippen LogP contribution in [0.2, 0.25) is 5.02 Å². The number of rotatable bonds is 6. The number of carbonyl (C=O) groups excluding carboxylic acids is 2. The highest BCUT2D eigenvalue weighted by atomic mass is 35.5. The summed E-state index contributed by atoms with van der Waals surface area (Å²) in [5.74, 6) is -0.255. The molecule has 1 heterocycles. The van der Waals surface area contributed by atoms with Crippen molar-refractivity contribution in [3.63, 3.8) is 0 Å². The second-order valence-corrected chi connectivity index (χ2v) is 6.92. The number of hydrogen-bond donors (Lipinski definition) is 0. The van der Waals surface area contributed by atoms with Crippen molar-refractivity contribution < 1.29 is 19.1 Å². The molecule has 27 heavy (non-hydrogen) atoms. The third-order valence-electron chi connectivity index (χ3n) is 4.48. The van der Waals surface area contributed by atoms with E-state index in [2.05, 4.69) is 0 Å². The first-order valence-electron chi connectivity index (χ1n) is 8.97. The Morgan fingerprint density at radius 1 is 1.11 bits per heavy atom. The largest absolute Gasteiger partial charge is 0.482 e. The number of carbonyl (C=O) groups is 2. The quantitative estimate of drug-likeness (QED) is 0.704. The fourth-order valence-corrected chi connectivity index (χ4v) is 3.12. The van der Waals surface area contributed by atoms with Gasteiger partial charge in [-0.05, 0) is 43.5 Å². The van der Waals surface area contributed by atoms with Crippen LogP contribution >= 0.6 is 11.6 Å². The summed E-state index contributed by atoms with van der Waals surface area (Å²) in [7, 11) is 0. The van der Waals surface area contributed by atoms with Crippen molar-refractivity contribution in [2.75, 3.05) is 19.7 Å². The van der Waals surface area contributed by atoms with E-state index in [0.717, 1.165) is 18.4 Å². The highest BCUT2D eigenvalue weighted by Gasteiger charge is 2.31. The van der Waals surface area contributed by atoms with E-state index in [1.165, 1.54) is 0 Å². The molecule has 3 rings (SSSR count). The SMILES string of the molecule is Cc1cc(OCC(=O)O[C@@H](C(=O)N2CCCC2)c2ccccc2)ccc1Cl.